The number of hydrogen-bond acceptors (Lipinski definition) is 12. The molecule has 0 aliphatic carbocycles. The maximum atomic E-state index is 11.1. The molecule has 2 atom stereocenters. The van der Waals surface area contributed by atoms with Crippen LogP contribution in [0, 0.1) is 0 Å². The summed E-state index contributed by atoms with van der Waals surface area (Å²) >= 11 is 0. The number of aromatic hydroxyl groups is 1. The van der Waals surface area contributed by atoms with E-state index in [-0.39, 0.29) is 29.3 Å². The van der Waals surface area contributed by atoms with Crippen LogP contribution in [0.15, 0.2) is 18.2 Å². The Labute approximate surface area is 185 Å². The lowest BCUT2D eigenvalue weighted by Gasteiger charge is -2.35. The van der Waals surface area contributed by atoms with Gasteiger partial charge in [-0.05, 0) is 18.6 Å². The van der Waals surface area contributed by atoms with Crippen molar-refractivity contribution in [3.05, 3.63) is 23.8 Å². The summed E-state index contributed by atoms with van der Waals surface area (Å²) in [5, 5.41) is 22.1. The quantitative estimate of drug-likeness (QED) is 0.236. The van der Waals surface area contributed by atoms with Crippen molar-refractivity contribution in [3.8, 4) is 5.75 Å². The molecule has 0 unspecified atom stereocenters. The molecule has 1 fully saturated rings. The number of anilines is 4. The smallest absolute Gasteiger partial charge is 0.339 e. The molecule has 0 amide bonds. The van der Waals surface area contributed by atoms with Gasteiger partial charge in [0.25, 0.3) is 0 Å². The third kappa shape index (κ3) is 5.70. The van der Waals surface area contributed by atoms with Gasteiger partial charge in [0.15, 0.2) is 0 Å². The predicted molar refractivity (Wildman–Crippen MR) is 121 cm³/mol. The molecule has 2 aromatic rings. The number of nitrogens with two attached hydrogens (primary N) is 4. The lowest BCUT2D eigenvalue weighted by molar-refractivity contribution is 0.0694. The second-order valence-corrected chi connectivity index (χ2v) is 7.65. The highest BCUT2D eigenvalue weighted by atomic mass is 16.4. The zero-order chi connectivity index (χ0) is 23.3. The maximum Gasteiger partial charge on any atom is 0.339 e. The maximum absolute atomic E-state index is 11.1. The molecule has 13 heteroatoms. The molecule has 0 spiro atoms. The van der Waals surface area contributed by atoms with E-state index in [1.165, 1.54) is 18.2 Å². The molecule has 0 saturated carbocycles. The number of nitrogens with zero attached hydrogens (tertiary/aromatic N) is 5. The van der Waals surface area contributed by atoms with Crippen LogP contribution in [0.3, 0.4) is 0 Å². The molecule has 1 saturated heterocycles. The molecule has 1 aromatic heterocycles. The average Bonchev–Trinajstić information content (AvgIpc) is 2.72. The first-order chi connectivity index (χ1) is 15.3. The normalized spacial score (nSPS) is 18.4. The van der Waals surface area contributed by atoms with Crippen LogP contribution in [0.4, 0.5) is 23.5 Å². The third-order valence-corrected chi connectivity index (χ3v) is 4.98. The Bertz CT molecular complexity index is 928. The number of aromatic carboxylic acids is 1. The van der Waals surface area contributed by atoms with Crippen LogP contribution >= 0.6 is 0 Å². The van der Waals surface area contributed by atoms with E-state index in [1.54, 1.807) is 0 Å². The molecule has 1 aliphatic rings. The van der Waals surface area contributed by atoms with Crippen LogP contribution in [-0.4, -0.2) is 82.5 Å². The monoisotopic (exact) mass is 446 g/mol. The van der Waals surface area contributed by atoms with Crippen molar-refractivity contribution in [1.29, 1.82) is 0 Å². The zero-order valence-corrected chi connectivity index (χ0v) is 17.7. The van der Waals surface area contributed by atoms with Gasteiger partial charge in [0.05, 0.1) is 0 Å². The summed E-state index contributed by atoms with van der Waals surface area (Å²) in [6.45, 7) is 2.83. The minimum atomic E-state index is -1.23. The Hall–Kier alpha value is -3.26. The number of carboxylic acids is 1. The number of nitrogens with one attached hydrogen (secondary N) is 1. The molecule has 3 rings (SSSR count). The van der Waals surface area contributed by atoms with Crippen molar-refractivity contribution < 1.29 is 15.0 Å². The highest BCUT2D eigenvalue weighted by Crippen LogP contribution is 2.26. The van der Waals surface area contributed by atoms with Gasteiger partial charge in [-0.3, -0.25) is 0 Å². The average molecular weight is 447 g/mol. The van der Waals surface area contributed by atoms with Gasteiger partial charge in [-0.1, -0.05) is 0 Å². The fraction of sp³-hybridized carbons (Fsp3) is 0.474. The number of carboxylic acid groups (broad SMARTS) is 1. The van der Waals surface area contributed by atoms with Crippen LogP contribution in [0.2, 0.25) is 0 Å². The van der Waals surface area contributed by atoms with E-state index in [4.69, 9.17) is 28.0 Å². The van der Waals surface area contributed by atoms with Crippen molar-refractivity contribution >= 4 is 29.5 Å². The minimum absolute atomic E-state index is 0.111. The third-order valence-electron chi connectivity index (χ3n) is 4.98. The standard InChI is InChI=1S/C19H30N10O3/c20-3-5-28(6-4-21)18-25-17(24-13-1-2-14(16(31)32)15(30)8-13)26-19(27-18)29-9-11(22)7-12(23)10-29/h1-2,8,11-12,30H,3-7,9-10,20-23H2,(H,31,32)(H,24,25,26,27)/t11-,12+. The summed E-state index contributed by atoms with van der Waals surface area (Å²) in [5.41, 5.74) is 24.0. The highest BCUT2D eigenvalue weighted by Gasteiger charge is 2.26. The summed E-state index contributed by atoms with van der Waals surface area (Å²) in [5.74, 6) is -0.617. The van der Waals surface area contributed by atoms with E-state index in [9.17, 15) is 9.90 Å². The summed E-state index contributed by atoms with van der Waals surface area (Å²) < 4.78 is 0. The molecular weight excluding hydrogens is 416 g/mol. The van der Waals surface area contributed by atoms with Gasteiger partial charge in [-0.25, -0.2) is 4.79 Å². The molecule has 13 nitrogen and oxygen atoms in total. The van der Waals surface area contributed by atoms with Crippen molar-refractivity contribution in [2.75, 3.05) is 54.4 Å². The van der Waals surface area contributed by atoms with Crippen molar-refractivity contribution in [3.63, 3.8) is 0 Å². The van der Waals surface area contributed by atoms with E-state index < -0.39 is 5.97 Å². The first kappa shape index (κ1) is 23.4. The van der Waals surface area contributed by atoms with Crippen LogP contribution < -0.4 is 38.1 Å². The van der Waals surface area contributed by atoms with Gasteiger partial charge in [0.2, 0.25) is 17.8 Å². The van der Waals surface area contributed by atoms with Gasteiger partial charge in [0.1, 0.15) is 11.3 Å². The summed E-state index contributed by atoms with van der Waals surface area (Å²) in [6, 6.07) is 3.87. The van der Waals surface area contributed by atoms with Crippen LogP contribution in [0.5, 0.6) is 5.75 Å². The Morgan fingerprint density at radius 3 is 2.34 bits per heavy atom. The van der Waals surface area contributed by atoms with Gasteiger partial charge in [-0.15, -0.1) is 0 Å². The van der Waals surface area contributed by atoms with E-state index in [2.05, 4.69) is 20.3 Å². The molecule has 0 bridgehead atoms. The Morgan fingerprint density at radius 2 is 1.78 bits per heavy atom. The van der Waals surface area contributed by atoms with Crippen molar-refractivity contribution in [2.45, 2.75) is 18.5 Å². The predicted octanol–water partition coefficient (Wildman–Crippen LogP) is -1.39. The number of benzene rings is 1. The molecule has 174 valence electrons. The second-order valence-electron chi connectivity index (χ2n) is 7.65. The van der Waals surface area contributed by atoms with Crippen molar-refractivity contribution in [1.82, 2.24) is 15.0 Å². The summed E-state index contributed by atoms with van der Waals surface area (Å²) in [6.07, 6.45) is 0.710. The first-order valence-corrected chi connectivity index (χ1v) is 10.3. The largest absolute Gasteiger partial charge is 0.507 e. The molecule has 0 radical (unpaired) electrons. The topological polar surface area (TPSA) is 219 Å². The number of phenols is 1. The molecule has 1 aliphatic heterocycles. The van der Waals surface area contributed by atoms with Crippen LogP contribution in [-0.2, 0) is 0 Å². The van der Waals surface area contributed by atoms with Gasteiger partial charge in [-0.2, -0.15) is 15.0 Å². The number of piperidine rings is 1. The summed E-state index contributed by atoms with van der Waals surface area (Å²) in [4.78, 5) is 28.5. The van der Waals surface area contributed by atoms with Crippen molar-refractivity contribution in [2.24, 2.45) is 22.9 Å². The highest BCUT2D eigenvalue weighted by molar-refractivity contribution is 5.91. The molecule has 32 heavy (non-hydrogen) atoms. The van der Waals surface area contributed by atoms with E-state index in [0.29, 0.717) is 63.3 Å². The zero-order valence-electron chi connectivity index (χ0n) is 17.7. The minimum Gasteiger partial charge on any atom is -0.507 e. The lowest BCUT2D eigenvalue weighted by atomic mass is 10.0. The lowest BCUT2D eigenvalue weighted by Crippen LogP contribution is -2.53. The van der Waals surface area contributed by atoms with Crippen LogP contribution in [0.25, 0.3) is 0 Å². The Kier molecular flexibility index (Phi) is 7.58. The van der Waals surface area contributed by atoms with E-state index >= 15 is 0 Å². The Morgan fingerprint density at radius 1 is 1.12 bits per heavy atom. The molecule has 11 N–H and O–H groups in total. The van der Waals surface area contributed by atoms with Gasteiger partial charge < -0.3 is 48.3 Å². The van der Waals surface area contributed by atoms with E-state index in [1.807, 2.05) is 9.80 Å². The molecule has 2 heterocycles. The van der Waals surface area contributed by atoms with E-state index in [0.717, 1.165) is 0 Å². The Balaban J connectivity index is 1.97. The molecular formula is C19H30N10O3. The number of hydrogen-bond donors (Lipinski definition) is 7. The van der Waals surface area contributed by atoms with Crippen LogP contribution in [0.1, 0.15) is 16.8 Å². The number of carbonyl (C=O) groups is 1. The van der Waals surface area contributed by atoms with Gasteiger partial charge in [0, 0.05) is 63.1 Å². The second kappa shape index (κ2) is 10.4. The van der Waals surface area contributed by atoms with Gasteiger partial charge >= 0.3 is 5.97 Å². The fourth-order valence-corrected chi connectivity index (χ4v) is 3.58. The first-order valence-electron chi connectivity index (χ1n) is 10.3. The number of aromatic nitrogens is 3. The SMILES string of the molecule is NCCN(CCN)c1nc(Nc2ccc(C(=O)O)c(O)c2)nc(N2C[C@H](N)C[C@H](N)C2)n1. The summed E-state index contributed by atoms with van der Waals surface area (Å²) in [7, 11) is 0. The number of rotatable bonds is 9. The molecule has 1 aromatic carbocycles. The fourth-order valence-electron chi connectivity index (χ4n) is 3.58.